The topological polar surface area (TPSA) is 76.2 Å². The number of benzene rings is 1. The van der Waals surface area contributed by atoms with Crippen molar-refractivity contribution in [2.75, 3.05) is 7.05 Å². The highest BCUT2D eigenvalue weighted by Gasteiger charge is 2.23. The lowest BCUT2D eigenvalue weighted by Crippen LogP contribution is -2.40. The van der Waals surface area contributed by atoms with E-state index in [9.17, 15) is 9.18 Å². The summed E-state index contributed by atoms with van der Waals surface area (Å²) in [5, 5.41) is 6.80. The molecule has 3 aromatic rings. The predicted octanol–water partition coefficient (Wildman–Crippen LogP) is 2.79. The van der Waals surface area contributed by atoms with Crippen molar-refractivity contribution in [3.63, 3.8) is 0 Å². The molecular formula is C18H20FN5O2. The molecule has 0 radical (unpaired) electrons. The Hall–Kier alpha value is -3.16. The van der Waals surface area contributed by atoms with E-state index >= 15 is 0 Å². The second-order valence-electron chi connectivity index (χ2n) is 6.12. The maximum absolute atomic E-state index is 13.7. The van der Waals surface area contributed by atoms with Gasteiger partial charge in [0.2, 0.25) is 0 Å². The fraction of sp³-hybridized carbons (Fsp3) is 0.278. The van der Waals surface area contributed by atoms with Crippen LogP contribution in [0.15, 0.2) is 47.2 Å². The van der Waals surface area contributed by atoms with E-state index in [1.807, 2.05) is 7.05 Å². The van der Waals surface area contributed by atoms with Gasteiger partial charge in [0, 0.05) is 32.6 Å². The van der Waals surface area contributed by atoms with Crippen LogP contribution in [-0.4, -0.2) is 32.7 Å². The van der Waals surface area contributed by atoms with Gasteiger partial charge < -0.3 is 19.3 Å². The Kier molecular flexibility index (Phi) is 5.01. The zero-order chi connectivity index (χ0) is 18.7. The highest BCUT2D eigenvalue weighted by atomic mass is 19.1. The standard InChI is InChI=1S/C18H20FN5O2/c1-12-9-15(22-26-12)11-24(3)18(25)21-16(17-20-7-8-23(17)2)13-5-4-6-14(19)10-13/h4-10,16H,11H2,1-3H3,(H,21,25). The van der Waals surface area contributed by atoms with Gasteiger partial charge in [-0.1, -0.05) is 17.3 Å². The van der Waals surface area contributed by atoms with Crippen molar-refractivity contribution >= 4 is 6.03 Å². The summed E-state index contributed by atoms with van der Waals surface area (Å²) in [6, 6.07) is 6.97. The zero-order valence-electron chi connectivity index (χ0n) is 14.8. The molecule has 0 saturated carbocycles. The summed E-state index contributed by atoms with van der Waals surface area (Å²) < 4.78 is 20.5. The molecule has 0 bridgehead atoms. The van der Waals surface area contributed by atoms with E-state index in [2.05, 4.69) is 15.5 Å². The number of aromatic nitrogens is 3. The van der Waals surface area contributed by atoms with Gasteiger partial charge in [0.15, 0.2) is 0 Å². The quantitative estimate of drug-likeness (QED) is 0.762. The molecule has 1 N–H and O–H groups in total. The highest BCUT2D eigenvalue weighted by Crippen LogP contribution is 2.21. The van der Waals surface area contributed by atoms with Gasteiger partial charge >= 0.3 is 6.03 Å². The van der Waals surface area contributed by atoms with Crippen LogP contribution in [0.5, 0.6) is 0 Å². The fourth-order valence-corrected chi connectivity index (χ4v) is 2.68. The van der Waals surface area contributed by atoms with E-state index < -0.39 is 6.04 Å². The van der Waals surface area contributed by atoms with Crippen molar-refractivity contribution < 1.29 is 13.7 Å². The second-order valence-corrected chi connectivity index (χ2v) is 6.12. The second kappa shape index (κ2) is 7.38. The van der Waals surface area contributed by atoms with Gasteiger partial charge in [-0.25, -0.2) is 14.2 Å². The monoisotopic (exact) mass is 357 g/mol. The number of urea groups is 1. The van der Waals surface area contributed by atoms with Crippen molar-refractivity contribution in [2.24, 2.45) is 7.05 Å². The number of carbonyl (C=O) groups is 1. The van der Waals surface area contributed by atoms with E-state index in [4.69, 9.17) is 4.52 Å². The average molecular weight is 357 g/mol. The maximum atomic E-state index is 13.7. The summed E-state index contributed by atoms with van der Waals surface area (Å²) in [6.07, 6.45) is 3.41. The predicted molar refractivity (Wildman–Crippen MR) is 92.7 cm³/mol. The molecule has 3 rings (SSSR count). The number of halogens is 1. The summed E-state index contributed by atoms with van der Waals surface area (Å²) >= 11 is 0. The molecule has 0 aliphatic heterocycles. The van der Waals surface area contributed by atoms with Crippen molar-refractivity contribution in [1.29, 1.82) is 0 Å². The molecule has 0 aliphatic carbocycles. The van der Waals surface area contributed by atoms with Crippen molar-refractivity contribution in [1.82, 2.24) is 24.9 Å². The van der Waals surface area contributed by atoms with Crippen LogP contribution in [0.3, 0.4) is 0 Å². The van der Waals surface area contributed by atoms with E-state index in [-0.39, 0.29) is 11.8 Å². The van der Waals surface area contributed by atoms with E-state index in [0.29, 0.717) is 29.4 Å². The molecule has 1 aromatic carbocycles. The third-order valence-corrected chi connectivity index (χ3v) is 3.99. The first-order valence-electron chi connectivity index (χ1n) is 8.10. The van der Waals surface area contributed by atoms with Crippen LogP contribution in [-0.2, 0) is 13.6 Å². The number of imidazole rings is 1. The summed E-state index contributed by atoms with van der Waals surface area (Å²) in [5.41, 5.74) is 1.26. The Labute approximate surface area is 150 Å². The SMILES string of the molecule is Cc1cc(CN(C)C(=O)NC(c2cccc(F)c2)c2nccn2C)no1. The summed E-state index contributed by atoms with van der Waals surface area (Å²) in [5.74, 6) is 0.913. The Morgan fingerprint density at radius 3 is 2.85 bits per heavy atom. The van der Waals surface area contributed by atoms with Crippen LogP contribution in [0, 0.1) is 12.7 Å². The number of amides is 2. The third-order valence-electron chi connectivity index (χ3n) is 3.99. The molecule has 0 fully saturated rings. The number of hydrogen-bond acceptors (Lipinski definition) is 4. The van der Waals surface area contributed by atoms with Crippen LogP contribution < -0.4 is 5.32 Å². The van der Waals surface area contributed by atoms with Crippen molar-refractivity contribution in [3.8, 4) is 0 Å². The summed E-state index contributed by atoms with van der Waals surface area (Å²) in [4.78, 5) is 18.4. The number of aryl methyl sites for hydroxylation is 2. The van der Waals surface area contributed by atoms with Gasteiger partial charge in [-0.15, -0.1) is 0 Å². The van der Waals surface area contributed by atoms with Crippen LogP contribution in [0.4, 0.5) is 9.18 Å². The first-order valence-corrected chi connectivity index (χ1v) is 8.10. The molecule has 2 amide bonds. The molecule has 0 saturated heterocycles. The number of nitrogens with zero attached hydrogens (tertiary/aromatic N) is 4. The Morgan fingerprint density at radius 2 is 2.23 bits per heavy atom. The van der Waals surface area contributed by atoms with E-state index in [1.54, 1.807) is 49.1 Å². The molecule has 26 heavy (non-hydrogen) atoms. The van der Waals surface area contributed by atoms with E-state index in [1.165, 1.54) is 17.0 Å². The number of carbonyl (C=O) groups excluding carboxylic acids is 1. The smallest absolute Gasteiger partial charge is 0.318 e. The average Bonchev–Trinajstić information content (AvgIpc) is 3.20. The molecule has 136 valence electrons. The molecule has 2 heterocycles. The first-order chi connectivity index (χ1) is 12.4. The summed E-state index contributed by atoms with van der Waals surface area (Å²) in [7, 11) is 3.48. The van der Waals surface area contributed by atoms with Crippen molar-refractivity contribution in [2.45, 2.75) is 19.5 Å². The summed E-state index contributed by atoms with van der Waals surface area (Å²) in [6.45, 7) is 2.08. The van der Waals surface area contributed by atoms with Gasteiger partial charge in [0.05, 0.1) is 6.54 Å². The Bertz CT molecular complexity index is 904. The van der Waals surface area contributed by atoms with Crippen LogP contribution in [0.2, 0.25) is 0 Å². The Balaban J connectivity index is 1.81. The molecule has 0 spiro atoms. The normalized spacial score (nSPS) is 12.0. The molecule has 7 nitrogen and oxygen atoms in total. The Morgan fingerprint density at radius 1 is 1.42 bits per heavy atom. The molecule has 2 aromatic heterocycles. The van der Waals surface area contributed by atoms with Crippen LogP contribution in [0.1, 0.15) is 28.9 Å². The first kappa shape index (κ1) is 17.7. The lowest BCUT2D eigenvalue weighted by molar-refractivity contribution is 0.202. The lowest BCUT2D eigenvalue weighted by Gasteiger charge is -2.23. The molecule has 8 heteroatoms. The fourth-order valence-electron chi connectivity index (χ4n) is 2.68. The highest BCUT2D eigenvalue weighted by molar-refractivity contribution is 5.74. The molecular weight excluding hydrogens is 337 g/mol. The molecule has 1 unspecified atom stereocenters. The van der Waals surface area contributed by atoms with E-state index in [0.717, 1.165) is 0 Å². The molecule has 1 atom stereocenters. The zero-order valence-corrected chi connectivity index (χ0v) is 14.8. The maximum Gasteiger partial charge on any atom is 0.318 e. The van der Waals surface area contributed by atoms with Gasteiger partial charge in [-0.05, 0) is 24.6 Å². The van der Waals surface area contributed by atoms with Gasteiger partial charge in [0.25, 0.3) is 0 Å². The molecule has 0 aliphatic rings. The minimum Gasteiger partial charge on any atom is -0.361 e. The van der Waals surface area contributed by atoms with Gasteiger partial charge in [-0.3, -0.25) is 0 Å². The van der Waals surface area contributed by atoms with Gasteiger partial charge in [0.1, 0.15) is 29.1 Å². The van der Waals surface area contributed by atoms with Gasteiger partial charge in [-0.2, -0.15) is 0 Å². The lowest BCUT2D eigenvalue weighted by atomic mass is 10.1. The van der Waals surface area contributed by atoms with Crippen LogP contribution in [0.25, 0.3) is 0 Å². The van der Waals surface area contributed by atoms with Crippen LogP contribution >= 0.6 is 0 Å². The minimum atomic E-state index is -0.584. The largest absolute Gasteiger partial charge is 0.361 e. The number of rotatable bonds is 5. The minimum absolute atomic E-state index is 0.291. The van der Waals surface area contributed by atoms with Crippen molar-refractivity contribution in [3.05, 3.63) is 71.4 Å². The third kappa shape index (κ3) is 3.90. The number of nitrogens with one attached hydrogen (secondary N) is 1. The number of hydrogen-bond donors (Lipinski definition) is 1.